The number of rotatable bonds is 15. The van der Waals surface area contributed by atoms with Gasteiger partial charge in [0.1, 0.15) is 0 Å². The number of hydrogen-bond donors (Lipinski definition) is 0. The van der Waals surface area contributed by atoms with E-state index >= 15 is 0 Å². The van der Waals surface area contributed by atoms with E-state index in [2.05, 4.69) is 34.6 Å². The fourth-order valence-electron chi connectivity index (χ4n) is 6.19. The third kappa shape index (κ3) is 6.78. The molecule has 27 heavy (non-hydrogen) atoms. The zero-order valence-electron chi connectivity index (χ0n) is 19.7. The average molecular weight is 377 g/mol. The smallest absolute Gasteiger partial charge is 0.0269 e. The molecule has 0 heterocycles. The summed E-state index contributed by atoms with van der Waals surface area (Å²) in [5.41, 5.74) is 0.655. The highest BCUT2D eigenvalue weighted by molar-refractivity contribution is 4.99. The monoisotopic (exact) mass is 376 g/mol. The highest BCUT2D eigenvalue weighted by atomic mass is 14.6. The van der Waals surface area contributed by atoms with Gasteiger partial charge >= 0.3 is 0 Å². The lowest BCUT2D eigenvalue weighted by Gasteiger charge is -2.57. The van der Waals surface area contributed by atoms with E-state index in [1.54, 1.807) is 6.42 Å². The Bertz CT molecular complexity index is 381. The molecule has 160 valence electrons. The van der Waals surface area contributed by atoms with Gasteiger partial charge in [-0.15, -0.1) is 0 Å². The molecule has 0 heteroatoms. The van der Waals surface area contributed by atoms with Crippen LogP contribution < -0.4 is 0 Å². The fourth-order valence-corrected chi connectivity index (χ4v) is 6.19. The van der Waals surface area contributed by atoms with Crippen LogP contribution in [0.15, 0.2) is 0 Å². The summed E-state index contributed by atoms with van der Waals surface area (Å²) >= 11 is 0. The maximum Gasteiger partial charge on any atom is -0.0269 e. The first-order valence-corrected chi connectivity index (χ1v) is 13.0. The van der Waals surface area contributed by atoms with E-state index in [-0.39, 0.29) is 0 Å². The zero-order chi connectivity index (χ0) is 19.7. The SMILES string of the molecule is CCCCC(CC)CCCCCCCC(C)C1(C)CC(CC2CCC2)C1C. The van der Waals surface area contributed by atoms with Gasteiger partial charge in [0, 0.05) is 0 Å². The average Bonchev–Trinajstić information content (AvgIpc) is 2.64. The van der Waals surface area contributed by atoms with Gasteiger partial charge in [-0.3, -0.25) is 0 Å². The molecule has 5 unspecified atom stereocenters. The Kier molecular flexibility index (Phi) is 10.2. The Hall–Kier alpha value is 0. The lowest BCUT2D eigenvalue weighted by molar-refractivity contribution is -0.0766. The van der Waals surface area contributed by atoms with Gasteiger partial charge in [0.15, 0.2) is 0 Å². The van der Waals surface area contributed by atoms with E-state index in [1.807, 2.05) is 0 Å². The second-order valence-electron chi connectivity index (χ2n) is 11.0. The van der Waals surface area contributed by atoms with Crippen LogP contribution in [0.1, 0.15) is 137 Å². The normalized spacial score (nSPS) is 30.6. The fraction of sp³-hybridized carbons (Fsp3) is 1.00. The lowest BCUT2D eigenvalue weighted by Crippen LogP contribution is -2.49. The molecular formula is C27H52. The Labute approximate surface area is 172 Å². The minimum absolute atomic E-state index is 0.655. The first kappa shape index (κ1) is 23.3. The molecule has 2 aliphatic rings. The Morgan fingerprint density at radius 1 is 0.889 bits per heavy atom. The summed E-state index contributed by atoms with van der Waals surface area (Å²) in [6.07, 6.45) is 23.7. The third-order valence-electron chi connectivity index (χ3n) is 9.23. The molecule has 0 radical (unpaired) electrons. The summed E-state index contributed by atoms with van der Waals surface area (Å²) in [6.45, 7) is 12.5. The van der Waals surface area contributed by atoms with Crippen molar-refractivity contribution >= 4 is 0 Å². The van der Waals surface area contributed by atoms with Crippen LogP contribution in [0.2, 0.25) is 0 Å². The largest absolute Gasteiger partial charge is 0.0654 e. The molecule has 2 fully saturated rings. The van der Waals surface area contributed by atoms with Crippen LogP contribution in [0.5, 0.6) is 0 Å². The summed E-state index contributed by atoms with van der Waals surface area (Å²) in [5, 5.41) is 0. The van der Waals surface area contributed by atoms with Gasteiger partial charge in [-0.25, -0.2) is 0 Å². The van der Waals surface area contributed by atoms with E-state index in [0.717, 1.165) is 29.6 Å². The van der Waals surface area contributed by atoms with Crippen molar-refractivity contribution in [2.45, 2.75) is 137 Å². The van der Waals surface area contributed by atoms with E-state index in [4.69, 9.17) is 0 Å². The highest BCUT2D eigenvalue weighted by Crippen LogP contribution is 2.59. The highest BCUT2D eigenvalue weighted by Gasteiger charge is 2.50. The van der Waals surface area contributed by atoms with Crippen molar-refractivity contribution in [3.8, 4) is 0 Å². The van der Waals surface area contributed by atoms with Crippen molar-refractivity contribution in [1.29, 1.82) is 0 Å². The summed E-state index contributed by atoms with van der Waals surface area (Å²) in [6, 6.07) is 0. The van der Waals surface area contributed by atoms with E-state index in [0.29, 0.717) is 5.41 Å². The molecule has 0 saturated heterocycles. The van der Waals surface area contributed by atoms with Gasteiger partial charge in [-0.2, -0.15) is 0 Å². The summed E-state index contributed by atoms with van der Waals surface area (Å²) < 4.78 is 0. The predicted molar refractivity (Wildman–Crippen MR) is 122 cm³/mol. The molecule has 0 aromatic heterocycles. The second-order valence-corrected chi connectivity index (χ2v) is 11.0. The van der Waals surface area contributed by atoms with Crippen LogP contribution in [-0.2, 0) is 0 Å². The Morgan fingerprint density at radius 2 is 1.52 bits per heavy atom. The van der Waals surface area contributed by atoms with Crippen LogP contribution in [0.3, 0.4) is 0 Å². The van der Waals surface area contributed by atoms with Crippen molar-refractivity contribution in [2.24, 2.45) is 35.0 Å². The van der Waals surface area contributed by atoms with Gasteiger partial charge in [0.05, 0.1) is 0 Å². The molecular weight excluding hydrogens is 324 g/mol. The topological polar surface area (TPSA) is 0 Å². The van der Waals surface area contributed by atoms with Crippen molar-refractivity contribution in [2.75, 3.05) is 0 Å². The molecule has 0 nitrogen and oxygen atoms in total. The summed E-state index contributed by atoms with van der Waals surface area (Å²) in [7, 11) is 0. The molecule has 0 bridgehead atoms. The van der Waals surface area contributed by atoms with Gasteiger partial charge in [0.2, 0.25) is 0 Å². The van der Waals surface area contributed by atoms with Gasteiger partial charge in [-0.1, -0.05) is 125 Å². The minimum atomic E-state index is 0.655. The van der Waals surface area contributed by atoms with Crippen LogP contribution >= 0.6 is 0 Å². The van der Waals surface area contributed by atoms with Gasteiger partial charge < -0.3 is 0 Å². The minimum Gasteiger partial charge on any atom is -0.0654 e. The molecule has 0 amide bonds. The van der Waals surface area contributed by atoms with Gasteiger partial charge in [0.25, 0.3) is 0 Å². The van der Waals surface area contributed by atoms with Crippen molar-refractivity contribution in [3.63, 3.8) is 0 Å². The van der Waals surface area contributed by atoms with E-state index in [9.17, 15) is 0 Å². The predicted octanol–water partition coefficient (Wildman–Crippen LogP) is 9.42. The molecule has 2 rings (SSSR count). The molecule has 0 N–H and O–H groups in total. The number of unbranched alkanes of at least 4 members (excludes halogenated alkanes) is 5. The molecule has 0 aromatic rings. The standard InChI is InChI=1S/C27H52/c1-6-8-16-24(7-2)17-13-11-9-10-12-15-22(3)27(5)21-26(23(27)4)20-25-18-14-19-25/h22-26H,6-21H2,1-5H3. The first-order valence-electron chi connectivity index (χ1n) is 13.0. The lowest BCUT2D eigenvalue weighted by atomic mass is 9.48. The van der Waals surface area contributed by atoms with Crippen LogP contribution in [0.25, 0.3) is 0 Å². The zero-order valence-corrected chi connectivity index (χ0v) is 19.7. The van der Waals surface area contributed by atoms with Crippen molar-refractivity contribution < 1.29 is 0 Å². The molecule has 2 saturated carbocycles. The molecule has 5 atom stereocenters. The van der Waals surface area contributed by atoms with E-state index in [1.165, 1.54) is 96.3 Å². The van der Waals surface area contributed by atoms with Crippen LogP contribution in [0, 0.1) is 35.0 Å². The second kappa shape index (κ2) is 11.9. The first-order chi connectivity index (χ1) is 13.0. The summed E-state index contributed by atoms with van der Waals surface area (Å²) in [4.78, 5) is 0. The van der Waals surface area contributed by atoms with Gasteiger partial charge in [-0.05, 0) is 47.8 Å². The quantitative estimate of drug-likeness (QED) is 0.250. The maximum absolute atomic E-state index is 2.61. The summed E-state index contributed by atoms with van der Waals surface area (Å²) in [5.74, 6) is 5.08. The van der Waals surface area contributed by atoms with Crippen LogP contribution in [-0.4, -0.2) is 0 Å². The molecule has 0 spiro atoms. The molecule has 2 aliphatic carbocycles. The number of hydrogen-bond acceptors (Lipinski definition) is 0. The van der Waals surface area contributed by atoms with Crippen molar-refractivity contribution in [1.82, 2.24) is 0 Å². The van der Waals surface area contributed by atoms with E-state index < -0.39 is 0 Å². The molecule has 0 aromatic carbocycles. The Morgan fingerprint density at radius 3 is 2.07 bits per heavy atom. The molecule has 0 aliphatic heterocycles. The maximum atomic E-state index is 2.61. The third-order valence-corrected chi connectivity index (χ3v) is 9.23. The van der Waals surface area contributed by atoms with Crippen molar-refractivity contribution in [3.05, 3.63) is 0 Å². The van der Waals surface area contributed by atoms with Crippen LogP contribution in [0.4, 0.5) is 0 Å². The Balaban J connectivity index is 1.50.